The number of amides is 2. The predicted octanol–water partition coefficient (Wildman–Crippen LogP) is 4.21. The molecule has 0 unspecified atom stereocenters. The van der Waals surface area contributed by atoms with E-state index in [0.717, 1.165) is 18.4 Å². The number of halogens is 1. The monoisotopic (exact) mass is 344 g/mol. The number of rotatable bonds is 4. The van der Waals surface area contributed by atoms with Gasteiger partial charge in [0.15, 0.2) is 0 Å². The summed E-state index contributed by atoms with van der Waals surface area (Å²) in [6.07, 6.45) is 1.69. The van der Waals surface area contributed by atoms with Crippen LogP contribution < -0.4 is 14.8 Å². The Labute approximate surface area is 146 Å². The van der Waals surface area contributed by atoms with Crippen LogP contribution in [0.25, 0.3) is 0 Å². The minimum atomic E-state index is -0.292. The number of benzene rings is 2. The quantitative estimate of drug-likeness (QED) is 0.904. The van der Waals surface area contributed by atoms with Gasteiger partial charge in [0.1, 0.15) is 17.3 Å². The van der Waals surface area contributed by atoms with Gasteiger partial charge < -0.3 is 19.7 Å². The van der Waals surface area contributed by atoms with Crippen molar-refractivity contribution in [3.63, 3.8) is 0 Å². The van der Waals surface area contributed by atoms with Crippen molar-refractivity contribution < 1.29 is 18.7 Å². The number of carbonyl (C=O) groups excluding carboxylic acids is 1. The van der Waals surface area contributed by atoms with Crippen molar-refractivity contribution in [1.82, 2.24) is 4.90 Å². The fraction of sp³-hybridized carbons (Fsp3) is 0.316. The molecule has 0 bridgehead atoms. The van der Waals surface area contributed by atoms with Gasteiger partial charge in [0, 0.05) is 12.6 Å². The van der Waals surface area contributed by atoms with Crippen molar-refractivity contribution in [1.29, 1.82) is 0 Å². The van der Waals surface area contributed by atoms with Gasteiger partial charge >= 0.3 is 6.03 Å². The molecule has 2 amide bonds. The van der Waals surface area contributed by atoms with Gasteiger partial charge in [-0.3, -0.25) is 0 Å². The number of anilines is 1. The van der Waals surface area contributed by atoms with Gasteiger partial charge in [-0.25, -0.2) is 9.18 Å². The van der Waals surface area contributed by atoms with Crippen LogP contribution in [-0.2, 0) is 0 Å². The number of methoxy groups -OCH3 is 2. The molecule has 0 saturated carbocycles. The summed E-state index contributed by atoms with van der Waals surface area (Å²) >= 11 is 0. The number of likely N-dealkylation sites (tertiary alicyclic amines) is 1. The maximum Gasteiger partial charge on any atom is 0.322 e. The van der Waals surface area contributed by atoms with E-state index in [-0.39, 0.29) is 17.9 Å². The van der Waals surface area contributed by atoms with E-state index in [1.165, 1.54) is 12.1 Å². The minimum Gasteiger partial charge on any atom is -0.497 e. The number of ether oxygens (including phenoxy) is 2. The Kier molecular flexibility index (Phi) is 5.07. The van der Waals surface area contributed by atoms with E-state index in [4.69, 9.17) is 9.47 Å². The van der Waals surface area contributed by atoms with E-state index in [0.29, 0.717) is 23.7 Å². The highest BCUT2D eigenvalue weighted by Gasteiger charge is 2.30. The fourth-order valence-corrected chi connectivity index (χ4v) is 3.17. The van der Waals surface area contributed by atoms with Crippen LogP contribution >= 0.6 is 0 Å². The van der Waals surface area contributed by atoms with Crippen molar-refractivity contribution >= 4 is 11.7 Å². The molecule has 1 heterocycles. The Hall–Kier alpha value is -2.76. The molecule has 1 N–H and O–H groups in total. The van der Waals surface area contributed by atoms with E-state index in [1.807, 2.05) is 6.07 Å². The highest BCUT2D eigenvalue weighted by molar-refractivity contribution is 5.91. The summed E-state index contributed by atoms with van der Waals surface area (Å²) in [5, 5.41) is 2.88. The lowest BCUT2D eigenvalue weighted by molar-refractivity contribution is 0.207. The van der Waals surface area contributed by atoms with Gasteiger partial charge in [-0.15, -0.1) is 0 Å². The Morgan fingerprint density at radius 3 is 2.76 bits per heavy atom. The molecule has 6 heteroatoms. The molecule has 25 heavy (non-hydrogen) atoms. The smallest absolute Gasteiger partial charge is 0.322 e. The molecule has 1 fully saturated rings. The number of nitrogens with zero attached hydrogens (tertiary/aromatic N) is 1. The van der Waals surface area contributed by atoms with Crippen molar-refractivity contribution in [2.24, 2.45) is 0 Å². The van der Waals surface area contributed by atoms with Gasteiger partial charge in [0.25, 0.3) is 0 Å². The topological polar surface area (TPSA) is 50.8 Å². The Balaban J connectivity index is 1.81. The van der Waals surface area contributed by atoms with E-state index in [9.17, 15) is 9.18 Å². The van der Waals surface area contributed by atoms with Crippen LogP contribution in [0.3, 0.4) is 0 Å². The summed E-state index contributed by atoms with van der Waals surface area (Å²) in [5.74, 6) is 0.883. The first-order valence-electron chi connectivity index (χ1n) is 8.17. The molecule has 0 spiro atoms. The second kappa shape index (κ2) is 7.42. The molecule has 3 rings (SSSR count). The highest BCUT2D eigenvalue weighted by Crippen LogP contribution is 2.34. The van der Waals surface area contributed by atoms with Crippen LogP contribution in [0.15, 0.2) is 42.5 Å². The third-order valence-corrected chi connectivity index (χ3v) is 4.40. The molecule has 5 nitrogen and oxygen atoms in total. The first-order valence-corrected chi connectivity index (χ1v) is 8.17. The molecule has 2 aromatic rings. The van der Waals surface area contributed by atoms with Gasteiger partial charge in [0.2, 0.25) is 0 Å². The minimum absolute atomic E-state index is 0.132. The van der Waals surface area contributed by atoms with E-state index in [1.54, 1.807) is 43.4 Å². The summed E-state index contributed by atoms with van der Waals surface area (Å²) < 4.78 is 24.0. The molecule has 0 aromatic heterocycles. The number of nitrogens with one attached hydrogen (secondary N) is 1. The Bertz CT molecular complexity index is 766. The zero-order valence-corrected chi connectivity index (χ0v) is 14.3. The highest BCUT2D eigenvalue weighted by atomic mass is 19.1. The lowest BCUT2D eigenvalue weighted by atomic mass is 10.0. The Morgan fingerprint density at radius 2 is 2.04 bits per heavy atom. The lowest BCUT2D eigenvalue weighted by Crippen LogP contribution is -2.34. The maximum atomic E-state index is 13.5. The third kappa shape index (κ3) is 3.68. The molecular weight excluding hydrogens is 323 g/mol. The average molecular weight is 344 g/mol. The zero-order chi connectivity index (χ0) is 17.8. The van der Waals surface area contributed by atoms with E-state index >= 15 is 0 Å². The largest absolute Gasteiger partial charge is 0.497 e. The van der Waals surface area contributed by atoms with Crippen LogP contribution in [0.1, 0.15) is 24.4 Å². The predicted molar refractivity (Wildman–Crippen MR) is 93.6 cm³/mol. The number of carbonyl (C=O) groups is 1. The number of hydrogen-bond donors (Lipinski definition) is 1. The van der Waals surface area contributed by atoms with Crippen molar-refractivity contribution in [2.45, 2.75) is 18.9 Å². The van der Waals surface area contributed by atoms with Crippen molar-refractivity contribution in [3.8, 4) is 11.5 Å². The van der Waals surface area contributed by atoms with Gasteiger partial charge in [-0.05, 0) is 42.7 Å². The molecule has 2 aromatic carbocycles. The maximum absolute atomic E-state index is 13.5. The van der Waals surface area contributed by atoms with Crippen LogP contribution in [0.5, 0.6) is 11.5 Å². The number of hydrogen-bond acceptors (Lipinski definition) is 3. The summed E-state index contributed by atoms with van der Waals surface area (Å²) in [7, 11) is 3.11. The van der Waals surface area contributed by atoms with Gasteiger partial charge in [0.05, 0.1) is 25.9 Å². The second-order valence-electron chi connectivity index (χ2n) is 5.90. The molecule has 0 aliphatic carbocycles. The standard InChI is InChI=1S/C19H21FN2O3/c1-24-15-8-9-18(25-2)16(12-15)21-19(23)22-10-4-7-17(22)13-5-3-6-14(20)11-13/h3,5-6,8-9,11-12,17H,4,7,10H2,1-2H3,(H,21,23)/t17-/m1/s1. The van der Waals surface area contributed by atoms with Crippen molar-refractivity contribution in [2.75, 3.05) is 26.1 Å². The van der Waals surface area contributed by atoms with E-state index < -0.39 is 0 Å². The first kappa shape index (κ1) is 17.1. The first-order chi connectivity index (χ1) is 12.1. The average Bonchev–Trinajstić information content (AvgIpc) is 3.11. The van der Waals surface area contributed by atoms with Gasteiger partial charge in [-0.1, -0.05) is 12.1 Å². The molecule has 0 radical (unpaired) electrons. The molecule has 1 saturated heterocycles. The summed E-state index contributed by atoms with van der Waals surface area (Å²) in [6.45, 7) is 0.624. The molecule has 132 valence electrons. The zero-order valence-electron chi connectivity index (χ0n) is 14.3. The molecule has 1 aliphatic rings. The summed E-state index contributed by atoms with van der Waals surface area (Å²) in [6, 6.07) is 11.3. The van der Waals surface area contributed by atoms with Crippen LogP contribution in [0, 0.1) is 5.82 Å². The van der Waals surface area contributed by atoms with Crippen LogP contribution in [-0.4, -0.2) is 31.7 Å². The van der Waals surface area contributed by atoms with Crippen LogP contribution in [0.2, 0.25) is 0 Å². The third-order valence-electron chi connectivity index (χ3n) is 4.40. The van der Waals surface area contributed by atoms with Crippen LogP contribution in [0.4, 0.5) is 14.9 Å². The van der Waals surface area contributed by atoms with Gasteiger partial charge in [-0.2, -0.15) is 0 Å². The second-order valence-corrected chi connectivity index (χ2v) is 5.90. The lowest BCUT2D eigenvalue weighted by Gasteiger charge is -2.26. The Morgan fingerprint density at radius 1 is 1.20 bits per heavy atom. The van der Waals surface area contributed by atoms with Crippen molar-refractivity contribution in [3.05, 3.63) is 53.8 Å². The molecular formula is C19H21FN2O3. The normalized spacial score (nSPS) is 16.6. The summed E-state index contributed by atoms with van der Waals surface area (Å²) in [4.78, 5) is 14.5. The molecule has 1 atom stereocenters. The SMILES string of the molecule is COc1ccc(OC)c(NC(=O)N2CCC[C@@H]2c2cccc(F)c2)c1. The summed E-state index contributed by atoms with van der Waals surface area (Å²) in [5.41, 5.74) is 1.35. The number of urea groups is 1. The van der Waals surface area contributed by atoms with E-state index in [2.05, 4.69) is 5.32 Å². The molecule has 1 aliphatic heterocycles. The fourth-order valence-electron chi connectivity index (χ4n) is 3.17.